The van der Waals surface area contributed by atoms with Crippen LogP contribution in [0.2, 0.25) is 10.0 Å². The average Bonchev–Trinajstić information content (AvgIpc) is 3.16. The lowest BCUT2D eigenvalue weighted by Crippen LogP contribution is -2.13. The van der Waals surface area contributed by atoms with E-state index in [1.54, 1.807) is 42.5 Å². The summed E-state index contributed by atoms with van der Waals surface area (Å²) in [7, 11) is 1.53. The molecule has 0 atom stereocenters. The van der Waals surface area contributed by atoms with Crippen molar-refractivity contribution < 1.29 is 14.3 Å². The molecule has 3 rings (SSSR count). The van der Waals surface area contributed by atoms with E-state index in [4.69, 9.17) is 27.9 Å². The summed E-state index contributed by atoms with van der Waals surface area (Å²) in [5.74, 6) is 0.150. The van der Waals surface area contributed by atoms with Crippen LogP contribution in [-0.4, -0.2) is 34.9 Å². The zero-order chi connectivity index (χ0) is 20.8. The number of nitrogens with one attached hydrogen (secondary N) is 2. The van der Waals surface area contributed by atoms with Gasteiger partial charge in [0.2, 0.25) is 11.0 Å². The minimum absolute atomic E-state index is 0.124. The van der Waals surface area contributed by atoms with Gasteiger partial charge in [-0.25, -0.2) is 0 Å². The van der Waals surface area contributed by atoms with Crippen molar-refractivity contribution in [1.82, 2.24) is 10.2 Å². The Morgan fingerprint density at radius 1 is 1.10 bits per heavy atom. The number of nitrogens with zero attached hydrogens (tertiary/aromatic N) is 2. The lowest BCUT2D eigenvalue weighted by atomic mass is 10.2. The van der Waals surface area contributed by atoms with Crippen molar-refractivity contribution in [3.05, 3.63) is 58.1 Å². The Labute approximate surface area is 184 Å². The van der Waals surface area contributed by atoms with Crippen LogP contribution in [0.1, 0.15) is 10.4 Å². The van der Waals surface area contributed by atoms with E-state index in [0.717, 1.165) is 0 Å². The van der Waals surface area contributed by atoms with Gasteiger partial charge in [0.25, 0.3) is 5.91 Å². The minimum atomic E-state index is -0.325. The number of rotatable bonds is 7. The first-order valence-corrected chi connectivity index (χ1v) is 10.7. The van der Waals surface area contributed by atoms with Crippen LogP contribution in [0, 0.1) is 0 Å². The molecule has 0 bridgehead atoms. The second-order valence-corrected chi connectivity index (χ2v) is 8.54. The molecule has 1 aromatic heterocycles. The van der Waals surface area contributed by atoms with Gasteiger partial charge in [0.1, 0.15) is 5.75 Å². The molecule has 3 aromatic rings. The zero-order valence-corrected chi connectivity index (χ0v) is 18.1. The molecule has 0 unspecified atom stereocenters. The quantitative estimate of drug-likeness (QED) is 0.380. The summed E-state index contributed by atoms with van der Waals surface area (Å²) in [6.45, 7) is 0. The number of methoxy groups -OCH3 is 1. The van der Waals surface area contributed by atoms with Gasteiger partial charge in [-0.05, 0) is 36.4 Å². The molecule has 2 amide bonds. The van der Waals surface area contributed by atoms with E-state index in [1.165, 1.54) is 30.2 Å². The topological polar surface area (TPSA) is 93.2 Å². The van der Waals surface area contributed by atoms with E-state index in [-0.39, 0.29) is 17.6 Å². The molecule has 0 radical (unpaired) electrons. The zero-order valence-electron chi connectivity index (χ0n) is 14.9. The van der Waals surface area contributed by atoms with Crippen LogP contribution in [0.25, 0.3) is 0 Å². The SMILES string of the molecule is COc1cccc(C(=O)Nc2nnc(SCC(=O)Nc3ccc(Cl)c(Cl)c3)s2)c1. The number of carbonyl (C=O) groups excluding carboxylic acids is 2. The minimum Gasteiger partial charge on any atom is -0.497 e. The number of hydrogen-bond donors (Lipinski definition) is 2. The monoisotopic (exact) mass is 468 g/mol. The number of benzene rings is 2. The van der Waals surface area contributed by atoms with Gasteiger partial charge in [-0.3, -0.25) is 14.9 Å². The second kappa shape index (κ2) is 9.93. The smallest absolute Gasteiger partial charge is 0.257 e. The van der Waals surface area contributed by atoms with Crippen molar-refractivity contribution in [3.8, 4) is 5.75 Å². The van der Waals surface area contributed by atoms with Crippen molar-refractivity contribution in [3.63, 3.8) is 0 Å². The molecule has 0 fully saturated rings. The van der Waals surface area contributed by atoms with E-state index in [9.17, 15) is 9.59 Å². The molecule has 0 spiro atoms. The number of amides is 2. The summed E-state index contributed by atoms with van der Waals surface area (Å²) >= 11 is 14.2. The van der Waals surface area contributed by atoms with E-state index < -0.39 is 0 Å². The molecular formula is C18H14Cl2N4O3S2. The highest BCUT2D eigenvalue weighted by Crippen LogP contribution is 2.27. The molecule has 1 heterocycles. The molecule has 2 N–H and O–H groups in total. The van der Waals surface area contributed by atoms with Crippen LogP contribution in [0.5, 0.6) is 5.75 Å². The molecule has 0 saturated carbocycles. The largest absolute Gasteiger partial charge is 0.497 e. The third kappa shape index (κ3) is 6.07. The Morgan fingerprint density at radius 2 is 1.93 bits per heavy atom. The number of hydrogen-bond acceptors (Lipinski definition) is 7. The van der Waals surface area contributed by atoms with Crippen LogP contribution < -0.4 is 15.4 Å². The Bertz CT molecular complexity index is 1050. The van der Waals surface area contributed by atoms with Crippen molar-refractivity contribution in [2.75, 3.05) is 23.5 Å². The lowest BCUT2D eigenvalue weighted by molar-refractivity contribution is -0.113. The van der Waals surface area contributed by atoms with E-state index in [2.05, 4.69) is 20.8 Å². The number of halogens is 2. The first-order valence-electron chi connectivity index (χ1n) is 8.11. The Morgan fingerprint density at radius 3 is 2.69 bits per heavy atom. The van der Waals surface area contributed by atoms with Gasteiger partial charge in [0.15, 0.2) is 4.34 Å². The van der Waals surface area contributed by atoms with Gasteiger partial charge in [0.05, 0.1) is 22.9 Å². The second-order valence-electron chi connectivity index (χ2n) is 5.52. The fourth-order valence-corrected chi connectivity index (χ4v) is 4.00. The molecule has 0 aliphatic heterocycles. The number of thioether (sulfide) groups is 1. The van der Waals surface area contributed by atoms with Crippen LogP contribution in [0.4, 0.5) is 10.8 Å². The first kappa shape index (κ1) is 21.4. The molecule has 0 saturated heterocycles. The van der Waals surface area contributed by atoms with E-state index in [0.29, 0.717) is 36.5 Å². The van der Waals surface area contributed by atoms with Crippen molar-refractivity contribution in [1.29, 1.82) is 0 Å². The van der Waals surface area contributed by atoms with Crippen molar-refractivity contribution in [2.24, 2.45) is 0 Å². The maximum atomic E-state index is 12.3. The van der Waals surface area contributed by atoms with Crippen molar-refractivity contribution >= 4 is 68.9 Å². The highest BCUT2D eigenvalue weighted by Gasteiger charge is 2.13. The van der Waals surface area contributed by atoms with Gasteiger partial charge < -0.3 is 10.1 Å². The van der Waals surface area contributed by atoms with Crippen LogP contribution >= 0.6 is 46.3 Å². The molecule has 0 aliphatic rings. The molecule has 150 valence electrons. The molecule has 2 aromatic carbocycles. The van der Waals surface area contributed by atoms with Gasteiger partial charge in [-0.15, -0.1) is 10.2 Å². The fourth-order valence-electron chi connectivity index (χ4n) is 2.15. The van der Waals surface area contributed by atoms with Crippen LogP contribution in [0.15, 0.2) is 46.8 Å². The number of ether oxygens (including phenoxy) is 1. The summed E-state index contributed by atoms with van der Waals surface area (Å²) in [6.07, 6.45) is 0. The standard InChI is InChI=1S/C18H14Cl2N4O3S2/c1-27-12-4-2-3-10(7-12)16(26)22-17-23-24-18(29-17)28-9-15(25)21-11-5-6-13(19)14(20)8-11/h2-8H,9H2,1H3,(H,21,25)(H,22,23,26). The molecular weight excluding hydrogens is 455 g/mol. The van der Waals surface area contributed by atoms with E-state index >= 15 is 0 Å². The van der Waals surface area contributed by atoms with Crippen LogP contribution in [-0.2, 0) is 4.79 Å². The lowest BCUT2D eigenvalue weighted by Gasteiger charge is -2.05. The maximum absolute atomic E-state index is 12.3. The van der Waals surface area contributed by atoms with Crippen LogP contribution in [0.3, 0.4) is 0 Å². The maximum Gasteiger partial charge on any atom is 0.257 e. The number of anilines is 2. The van der Waals surface area contributed by atoms with Gasteiger partial charge in [-0.2, -0.15) is 0 Å². The van der Waals surface area contributed by atoms with Gasteiger partial charge in [-0.1, -0.05) is 52.4 Å². The first-order chi connectivity index (χ1) is 13.9. The predicted octanol–water partition coefficient (Wildman–Crippen LogP) is 4.84. The predicted molar refractivity (Wildman–Crippen MR) is 117 cm³/mol. The molecule has 7 nitrogen and oxygen atoms in total. The summed E-state index contributed by atoms with van der Waals surface area (Å²) in [5.41, 5.74) is 0.989. The summed E-state index contributed by atoms with van der Waals surface area (Å²) in [6, 6.07) is 11.6. The molecule has 11 heteroatoms. The average molecular weight is 469 g/mol. The summed E-state index contributed by atoms with van der Waals surface area (Å²) < 4.78 is 5.66. The number of aromatic nitrogens is 2. The molecule has 0 aliphatic carbocycles. The fraction of sp³-hybridized carbons (Fsp3) is 0.111. The van der Waals surface area contributed by atoms with Crippen molar-refractivity contribution in [2.45, 2.75) is 4.34 Å². The summed E-state index contributed by atoms with van der Waals surface area (Å²) in [4.78, 5) is 24.4. The van der Waals surface area contributed by atoms with Gasteiger partial charge >= 0.3 is 0 Å². The van der Waals surface area contributed by atoms with Gasteiger partial charge in [0, 0.05) is 11.3 Å². The Balaban J connectivity index is 1.52. The summed E-state index contributed by atoms with van der Waals surface area (Å²) in [5, 5.41) is 14.4. The highest BCUT2D eigenvalue weighted by molar-refractivity contribution is 8.01. The van der Waals surface area contributed by atoms with E-state index in [1.807, 2.05) is 0 Å². The Kier molecular flexibility index (Phi) is 7.32. The third-order valence-corrected chi connectivity index (χ3v) is 6.20. The molecule has 29 heavy (non-hydrogen) atoms. The third-order valence-electron chi connectivity index (χ3n) is 3.49. The normalized spacial score (nSPS) is 10.4. The Hall–Kier alpha value is -2.33. The number of carbonyl (C=O) groups is 2. The highest BCUT2D eigenvalue weighted by atomic mass is 35.5.